The summed E-state index contributed by atoms with van der Waals surface area (Å²) in [6, 6.07) is 0. The largest absolute Gasteiger partial charge is 0.318 e. The van der Waals surface area contributed by atoms with Crippen molar-refractivity contribution in [2.24, 2.45) is 28.7 Å². The molecule has 10 N–H and O–H groups in total. The normalized spacial score (nSPS) is 12.0. The lowest BCUT2D eigenvalue weighted by Gasteiger charge is -2.21. The monoisotopic (exact) mass is 190 g/mol. The Kier molecular flexibility index (Phi) is 7.06. The van der Waals surface area contributed by atoms with Crippen LogP contribution in [0.5, 0.6) is 0 Å². The molecule has 0 aromatic heterocycles. The zero-order valence-corrected chi connectivity index (χ0v) is 8.02. The molecule has 0 aliphatic carbocycles. The number of hydrogen-bond acceptors (Lipinski definition) is 6. The van der Waals surface area contributed by atoms with Gasteiger partial charge in [-0.25, -0.2) is 0 Å². The van der Waals surface area contributed by atoms with Crippen LogP contribution in [0.3, 0.4) is 0 Å². The molecule has 0 saturated heterocycles. The summed E-state index contributed by atoms with van der Waals surface area (Å²) in [6.07, 6.45) is 0.912. The highest BCUT2D eigenvalue weighted by molar-refractivity contribution is 4.62. The van der Waals surface area contributed by atoms with Crippen LogP contribution in [0.15, 0.2) is 0 Å². The van der Waals surface area contributed by atoms with Crippen LogP contribution in [0.4, 0.5) is 0 Å². The lowest BCUT2D eigenvalue weighted by Crippen LogP contribution is -2.41. The summed E-state index contributed by atoms with van der Waals surface area (Å²) in [5.41, 5.74) is 27.2. The van der Waals surface area contributed by atoms with E-state index in [4.69, 9.17) is 28.7 Å². The Bertz CT molecular complexity index is 104. The molecule has 0 unspecified atom stereocenters. The van der Waals surface area contributed by atoms with Gasteiger partial charge >= 0.3 is 0 Å². The number of rotatable bonds is 7. The summed E-state index contributed by atoms with van der Waals surface area (Å²) in [4.78, 5) is 2.03. The maximum Gasteiger partial charge on any atom is 0.0533 e. The first-order valence-electron chi connectivity index (χ1n) is 4.51. The molecule has 0 amide bonds. The van der Waals surface area contributed by atoms with Crippen molar-refractivity contribution in [2.75, 3.05) is 19.8 Å². The van der Waals surface area contributed by atoms with Gasteiger partial charge in [0.15, 0.2) is 0 Å². The van der Waals surface area contributed by atoms with Crippen LogP contribution in [0, 0.1) is 0 Å². The Morgan fingerprint density at radius 2 is 1.23 bits per heavy atom. The molecule has 0 fully saturated rings. The van der Waals surface area contributed by atoms with Crippen LogP contribution in [-0.2, 0) is 0 Å². The standard InChI is InChI=1S/C7H22N6/c8-5-13(3-1-6(9)10)4-2-7(11)12/h6-7H,1-5,8-12H2. The molecule has 0 aromatic carbocycles. The Morgan fingerprint density at radius 3 is 1.46 bits per heavy atom. The van der Waals surface area contributed by atoms with E-state index in [0.29, 0.717) is 6.67 Å². The Hall–Kier alpha value is -0.240. The molecule has 0 rings (SSSR count). The first kappa shape index (κ1) is 12.8. The summed E-state index contributed by atoms with van der Waals surface area (Å²) < 4.78 is 0. The van der Waals surface area contributed by atoms with E-state index in [0.717, 1.165) is 25.9 Å². The molecule has 6 nitrogen and oxygen atoms in total. The third-order valence-electron chi connectivity index (χ3n) is 1.82. The van der Waals surface area contributed by atoms with E-state index in [-0.39, 0.29) is 12.3 Å². The summed E-state index contributed by atoms with van der Waals surface area (Å²) in [7, 11) is 0. The van der Waals surface area contributed by atoms with Gasteiger partial charge in [-0.1, -0.05) is 0 Å². The fourth-order valence-electron chi connectivity index (χ4n) is 0.958. The van der Waals surface area contributed by atoms with Gasteiger partial charge in [0.2, 0.25) is 0 Å². The minimum absolute atomic E-state index is 0.277. The van der Waals surface area contributed by atoms with Gasteiger partial charge in [0, 0.05) is 19.8 Å². The molecule has 80 valence electrons. The third kappa shape index (κ3) is 8.10. The molecular formula is C7H22N6. The van der Waals surface area contributed by atoms with Crippen molar-refractivity contribution in [1.29, 1.82) is 0 Å². The first-order valence-corrected chi connectivity index (χ1v) is 4.51. The summed E-state index contributed by atoms with van der Waals surface area (Å²) in [5.74, 6) is 0. The van der Waals surface area contributed by atoms with E-state index in [1.54, 1.807) is 0 Å². The Balaban J connectivity index is 3.51. The molecule has 0 aromatic rings. The minimum Gasteiger partial charge on any atom is -0.318 e. The van der Waals surface area contributed by atoms with Crippen LogP contribution in [0.25, 0.3) is 0 Å². The van der Waals surface area contributed by atoms with Crippen molar-refractivity contribution in [2.45, 2.75) is 25.2 Å². The van der Waals surface area contributed by atoms with Gasteiger partial charge in [0.25, 0.3) is 0 Å². The lowest BCUT2D eigenvalue weighted by molar-refractivity contribution is 0.260. The molecule has 0 bridgehead atoms. The summed E-state index contributed by atoms with van der Waals surface area (Å²) in [6.45, 7) is 2.07. The minimum atomic E-state index is -0.277. The zero-order chi connectivity index (χ0) is 10.3. The van der Waals surface area contributed by atoms with Crippen LogP contribution < -0.4 is 28.7 Å². The molecule has 0 heterocycles. The fourth-order valence-corrected chi connectivity index (χ4v) is 0.958. The second-order valence-electron chi connectivity index (χ2n) is 3.21. The number of hydrogen-bond donors (Lipinski definition) is 5. The third-order valence-corrected chi connectivity index (χ3v) is 1.82. The maximum atomic E-state index is 5.51. The van der Waals surface area contributed by atoms with Crippen molar-refractivity contribution in [3.8, 4) is 0 Å². The Labute approximate surface area is 79.4 Å². The molecule has 6 heteroatoms. The smallest absolute Gasteiger partial charge is 0.0533 e. The van der Waals surface area contributed by atoms with E-state index < -0.39 is 0 Å². The second kappa shape index (κ2) is 7.19. The van der Waals surface area contributed by atoms with Gasteiger partial charge in [-0.15, -0.1) is 0 Å². The van der Waals surface area contributed by atoms with Gasteiger partial charge in [-0.2, -0.15) is 0 Å². The van der Waals surface area contributed by atoms with Crippen molar-refractivity contribution in [3.05, 3.63) is 0 Å². The van der Waals surface area contributed by atoms with Crippen molar-refractivity contribution in [3.63, 3.8) is 0 Å². The maximum absolute atomic E-state index is 5.51. The van der Waals surface area contributed by atoms with Crippen molar-refractivity contribution >= 4 is 0 Å². The highest BCUT2D eigenvalue weighted by atomic mass is 15.2. The predicted molar refractivity (Wildman–Crippen MR) is 54.2 cm³/mol. The van der Waals surface area contributed by atoms with E-state index in [2.05, 4.69) is 0 Å². The molecule has 0 atom stereocenters. The van der Waals surface area contributed by atoms with E-state index >= 15 is 0 Å². The van der Waals surface area contributed by atoms with Crippen LogP contribution in [-0.4, -0.2) is 37.0 Å². The van der Waals surface area contributed by atoms with Crippen LogP contribution in [0.2, 0.25) is 0 Å². The molecule has 0 saturated carbocycles. The van der Waals surface area contributed by atoms with E-state index in [1.807, 2.05) is 4.90 Å². The van der Waals surface area contributed by atoms with Crippen LogP contribution in [0.1, 0.15) is 12.8 Å². The predicted octanol–water partition coefficient (Wildman–Crippen LogP) is -2.53. The van der Waals surface area contributed by atoms with E-state index in [9.17, 15) is 0 Å². The van der Waals surface area contributed by atoms with Gasteiger partial charge in [-0.3, -0.25) is 4.90 Å². The first-order chi connectivity index (χ1) is 6.06. The van der Waals surface area contributed by atoms with Gasteiger partial charge in [0.1, 0.15) is 0 Å². The molecule has 13 heavy (non-hydrogen) atoms. The summed E-state index contributed by atoms with van der Waals surface area (Å²) >= 11 is 0. The molecular weight excluding hydrogens is 168 g/mol. The van der Waals surface area contributed by atoms with E-state index in [1.165, 1.54) is 0 Å². The SMILES string of the molecule is NCN(CCC(N)N)CCC(N)N. The number of nitrogens with two attached hydrogens (primary N) is 5. The fraction of sp³-hybridized carbons (Fsp3) is 1.00. The highest BCUT2D eigenvalue weighted by Gasteiger charge is 2.05. The lowest BCUT2D eigenvalue weighted by atomic mass is 10.3. The molecule has 0 spiro atoms. The molecule has 0 aliphatic heterocycles. The quantitative estimate of drug-likeness (QED) is 0.281. The molecule has 0 radical (unpaired) electrons. The average Bonchev–Trinajstić information content (AvgIpc) is 2.04. The average molecular weight is 190 g/mol. The number of nitrogens with zero attached hydrogens (tertiary/aromatic N) is 1. The zero-order valence-electron chi connectivity index (χ0n) is 8.02. The van der Waals surface area contributed by atoms with Gasteiger partial charge in [0.05, 0.1) is 12.3 Å². The van der Waals surface area contributed by atoms with Gasteiger partial charge in [-0.05, 0) is 12.8 Å². The summed E-state index contributed by atoms with van der Waals surface area (Å²) in [5, 5.41) is 0. The molecule has 0 aliphatic rings. The van der Waals surface area contributed by atoms with Crippen molar-refractivity contribution in [1.82, 2.24) is 4.90 Å². The van der Waals surface area contributed by atoms with Crippen LogP contribution >= 0.6 is 0 Å². The Morgan fingerprint density at radius 1 is 0.846 bits per heavy atom. The van der Waals surface area contributed by atoms with Crippen molar-refractivity contribution < 1.29 is 0 Å². The topological polar surface area (TPSA) is 133 Å². The second-order valence-corrected chi connectivity index (χ2v) is 3.21. The van der Waals surface area contributed by atoms with Gasteiger partial charge < -0.3 is 28.7 Å². The highest BCUT2D eigenvalue weighted by Crippen LogP contribution is 1.92.